The number of rotatable bonds is 4. The van der Waals surface area contributed by atoms with Crippen molar-refractivity contribution in [2.45, 2.75) is 6.61 Å². The number of nitrogens with zero attached hydrogens (tertiary/aromatic N) is 2. The number of carbonyl (C=O) groups is 1. The van der Waals surface area contributed by atoms with E-state index in [0.29, 0.717) is 5.69 Å². The van der Waals surface area contributed by atoms with Gasteiger partial charge in [0.25, 0.3) is 0 Å². The van der Waals surface area contributed by atoms with Gasteiger partial charge in [-0.15, -0.1) is 0 Å². The lowest BCUT2D eigenvalue weighted by Crippen LogP contribution is -2.07. The van der Waals surface area contributed by atoms with E-state index >= 15 is 0 Å². The van der Waals surface area contributed by atoms with Gasteiger partial charge in [0.2, 0.25) is 0 Å². The zero-order valence-corrected chi connectivity index (χ0v) is 16.2. The van der Waals surface area contributed by atoms with E-state index in [1.807, 2.05) is 79.0 Å². The third-order valence-electron chi connectivity index (χ3n) is 5.11. The average Bonchev–Trinajstić information content (AvgIpc) is 2.82. The Kier molecular flexibility index (Phi) is 4.66. The Bertz CT molecular complexity index is 1360. The summed E-state index contributed by atoms with van der Waals surface area (Å²) < 4.78 is 5.47. The quantitative estimate of drug-likeness (QED) is 0.364. The largest absolute Gasteiger partial charge is 0.456 e. The van der Waals surface area contributed by atoms with Crippen molar-refractivity contribution in [2.75, 3.05) is 0 Å². The minimum absolute atomic E-state index is 0.220. The maximum absolute atomic E-state index is 12.6. The van der Waals surface area contributed by atoms with Crippen LogP contribution in [0.15, 0.2) is 97.3 Å². The first-order valence-electron chi connectivity index (χ1n) is 9.73. The average molecular weight is 390 g/mol. The van der Waals surface area contributed by atoms with Crippen LogP contribution in [-0.4, -0.2) is 15.9 Å². The lowest BCUT2D eigenvalue weighted by atomic mass is 9.97. The fourth-order valence-electron chi connectivity index (χ4n) is 3.63. The number of carbonyl (C=O) groups excluding carboxylic acids is 1. The van der Waals surface area contributed by atoms with Crippen LogP contribution >= 0.6 is 0 Å². The zero-order valence-electron chi connectivity index (χ0n) is 16.2. The first kappa shape index (κ1) is 18.0. The molecule has 0 aliphatic carbocycles. The number of para-hydroxylation sites is 1. The van der Waals surface area contributed by atoms with Gasteiger partial charge in [0.1, 0.15) is 12.3 Å². The van der Waals surface area contributed by atoms with E-state index < -0.39 is 5.97 Å². The fraction of sp³-hybridized carbons (Fsp3) is 0.0385. The van der Waals surface area contributed by atoms with E-state index in [4.69, 9.17) is 4.74 Å². The van der Waals surface area contributed by atoms with E-state index in [9.17, 15) is 4.79 Å². The molecule has 2 heterocycles. The Morgan fingerprint density at radius 1 is 0.767 bits per heavy atom. The standard InChI is InChI=1S/C26H18N2O2/c29-26(30-17-18-6-2-1-3-7-18)24-13-12-19-8-4-11-23(25(19)28-24)22-10-5-9-20-16-27-15-14-21(20)22/h1-16H,17H2. The summed E-state index contributed by atoms with van der Waals surface area (Å²) in [5, 5.41) is 3.13. The minimum Gasteiger partial charge on any atom is -0.456 e. The zero-order chi connectivity index (χ0) is 20.3. The van der Waals surface area contributed by atoms with E-state index in [0.717, 1.165) is 38.4 Å². The summed E-state index contributed by atoms with van der Waals surface area (Å²) in [7, 11) is 0. The number of pyridine rings is 2. The molecule has 3 aromatic carbocycles. The predicted octanol–water partition coefficient (Wildman–Crippen LogP) is 5.81. The van der Waals surface area contributed by atoms with Crippen molar-refractivity contribution in [1.82, 2.24) is 9.97 Å². The number of esters is 1. The van der Waals surface area contributed by atoms with Gasteiger partial charge in [-0.3, -0.25) is 4.98 Å². The van der Waals surface area contributed by atoms with Crippen molar-refractivity contribution >= 4 is 27.6 Å². The van der Waals surface area contributed by atoms with Gasteiger partial charge in [-0.05, 0) is 28.6 Å². The van der Waals surface area contributed by atoms with Gasteiger partial charge in [-0.25, -0.2) is 9.78 Å². The summed E-state index contributed by atoms with van der Waals surface area (Å²) in [5.41, 5.74) is 4.05. The topological polar surface area (TPSA) is 52.1 Å². The SMILES string of the molecule is O=C(OCc1ccccc1)c1ccc2cccc(-c3cccc4cnccc34)c2n1. The second kappa shape index (κ2) is 7.76. The number of ether oxygens (including phenoxy) is 1. The molecule has 5 aromatic rings. The Labute approximate surface area is 173 Å². The third kappa shape index (κ3) is 3.40. The number of hydrogen-bond donors (Lipinski definition) is 0. The Balaban J connectivity index is 1.55. The van der Waals surface area contributed by atoms with Gasteiger partial charge < -0.3 is 4.74 Å². The Morgan fingerprint density at radius 3 is 2.43 bits per heavy atom. The van der Waals surface area contributed by atoms with Crippen molar-refractivity contribution in [3.63, 3.8) is 0 Å². The summed E-state index contributed by atoms with van der Waals surface area (Å²) >= 11 is 0. The highest BCUT2D eigenvalue weighted by atomic mass is 16.5. The summed E-state index contributed by atoms with van der Waals surface area (Å²) in [6, 6.07) is 27.4. The van der Waals surface area contributed by atoms with Crippen LogP contribution in [-0.2, 0) is 11.3 Å². The molecule has 4 heteroatoms. The van der Waals surface area contributed by atoms with Crippen LogP contribution in [0.2, 0.25) is 0 Å². The van der Waals surface area contributed by atoms with Crippen molar-refractivity contribution < 1.29 is 9.53 Å². The molecule has 0 spiro atoms. The molecule has 0 amide bonds. The summed E-state index contributed by atoms with van der Waals surface area (Å²) in [5.74, 6) is -0.433. The summed E-state index contributed by atoms with van der Waals surface area (Å²) in [6.07, 6.45) is 3.64. The van der Waals surface area contributed by atoms with Crippen LogP contribution in [0.3, 0.4) is 0 Å². The highest BCUT2D eigenvalue weighted by Crippen LogP contribution is 2.32. The third-order valence-corrected chi connectivity index (χ3v) is 5.11. The first-order chi connectivity index (χ1) is 14.8. The van der Waals surface area contributed by atoms with Gasteiger partial charge in [0.05, 0.1) is 5.52 Å². The van der Waals surface area contributed by atoms with E-state index in [2.05, 4.69) is 16.0 Å². The van der Waals surface area contributed by atoms with Crippen LogP contribution in [0.25, 0.3) is 32.8 Å². The molecule has 0 N–H and O–H groups in total. The van der Waals surface area contributed by atoms with Gasteiger partial charge in [0, 0.05) is 28.7 Å². The molecule has 0 fully saturated rings. The number of aromatic nitrogens is 2. The molecule has 0 aliphatic heterocycles. The molecule has 0 aliphatic rings. The predicted molar refractivity (Wildman–Crippen MR) is 118 cm³/mol. The number of fused-ring (bicyclic) bond motifs is 2. The fourth-order valence-corrected chi connectivity index (χ4v) is 3.63. The van der Waals surface area contributed by atoms with Gasteiger partial charge in [0.15, 0.2) is 0 Å². The summed E-state index contributed by atoms with van der Waals surface area (Å²) in [4.78, 5) is 21.5. The Morgan fingerprint density at radius 2 is 1.57 bits per heavy atom. The van der Waals surface area contributed by atoms with Crippen LogP contribution in [0.5, 0.6) is 0 Å². The van der Waals surface area contributed by atoms with Crippen LogP contribution < -0.4 is 0 Å². The van der Waals surface area contributed by atoms with Gasteiger partial charge in [-0.1, -0.05) is 72.8 Å². The highest BCUT2D eigenvalue weighted by Gasteiger charge is 2.14. The molecule has 0 saturated heterocycles. The molecule has 144 valence electrons. The van der Waals surface area contributed by atoms with E-state index in [1.54, 1.807) is 12.3 Å². The molecule has 0 bridgehead atoms. The minimum atomic E-state index is -0.433. The number of hydrogen-bond acceptors (Lipinski definition) is 4. The first-order valence-corrected chi connectivity index (χ1v) is 9.73. The maximum Gasteiger partial charge on any atom is 0.357 e. The maximum atomic E-state index is 12.6. The van der Waals surface area contributed by atoms with Gasteiger partial charge in [-0.2, -0.15) is 0 Å². The molecule has 2 aromatic heterocycles. The second-order valence-corrected chi connectivity index (χ2v) is 7.04. The Hall–Kier alpha value is -4.05. The molecule has 5 rings (SSSR count). The van der Waals surface area contributed by atoms with Crippen molar-refractivity contribution in [1.29, 1.82) is 0 Å². The van der Waals surface area contributed by atoms with Crippen LogP contribution in [0, 0.1) is 0 Å². The number of benzene rings is 3. The van der Waals surface area contributed by atoms with Crippen molar-refractivity contribution in [3.05, 3.63) is 109 Å². The highest BCUT2D eigenvalue weighted by molar-refractivity contribution is 6.04. The molecule has 0 unspecified atom stereocenters. The van der Waals surface area contributed by atoms with Crippen LogP contribution in [0.4, 0.5) is 0 Å². The van der Waals surface area contributed by atoms with E-state index in [1.165, 1.54) is 0 Å². The van der Waals surface area contributed by atoms with E-state index in [-0.39, 0.29) is 6.61 Å². The molecule has 0 atom stereocenters. The molecular weight excluding hydrogens is 372 g/mol. The molecule has 0 saturated carbocycles. The molecule has 30 heavy (non-hydrogen) atoms. The molecular formula is C26H18N2O2. The lowest BCUT2D eigenvalue weighted by Gasteiger charge is -2.11. The van der Waals surface area contributed by atoms with Crippen molar-refractivity contribution in [3.8, 4) is 11.1 Å². The van der Waals surface area contributed by atoms with Crippen molar-refractivity contribution in [2.24, 2.45) is 0 Å². The molecule has 4 nitrogen and oxygen atoms in total. The van der Waals surface area contributed by atoms with Crippen LogP contribution in [0.1, 0.15) is 16.1 Å². The smallest absolute Gasteiger partial charge is 0.357 e. The second-order valence-electron chi connectivity index (χ2n) is 7.04. The lowest BCUT2D eigenvalue weighted by molar-refractivity contribution is 0.0466. The monoisotopic (exact) mass is 390 g/mol. The normalized spacial score (nSPS) is 10.9. The summed E-state index contributed by atoms with van der Waals surface area (Å²) in [6.45, 7) is 0.220. The molecule has 0 radical (unpaired) electrons. The van der Waals surface area contributed by atoms with Gasteiger partial charge >= 0.3 is 5.97 Å².